The molecule has 0 radical (unpaired) electrons. The Morgan fingerprint density at radius 2 is 1.81 bits per heavy atom. The fraction of sp³-hybridized carbons (Fsp3) is 0.154. The van der Waals surface area contributed by atoms with Gasteiger partial charge in [-0.1, -0.05) is 36.4 Å². The molecule has 1 aromatic heterocycles. The average Bonchev–Trinajstić information content (AvgIpc) is 2.39. The van der Waals surface area contributed by atoms with Crippen LogP contribution in [0.4, 0.5) is 0 Å². The summed E-state index contributed by atoms with van der Waals surface area (Å²) in [6.45, 7) is 0. The maximum atomic E-state index is 6.13. The van der Waals surface area contributed by atoms with Gasteiger partial charge in [-0.15, -0.1) is 0 Å². The highest BCUT2D eigenvalue weighted by atomic mass is 16.5. The fourth-order valence-electron chi connectivity index (χ4n) is 1.55. The molecule has 0 saturated heterocycles. The highest BCUT2D eigenvalue weighted by Gasteiger charge is 2.08. The molecule has 0 spiro atoms. The lowest BCUT2D eigenvalue weighted by Gasteiger charge is -2.12. The highest BCUT2D eigenvalue weighted by molar-refractivity contribution is 5.30. The smallest absolute Gasteiger partial charge is 0.212 e. The van der Waals surface area contributed by atoms with Crippen molar-refractivity contribution in [3.8, 4) is 5.88 Å². The van der Waals surface area contributed by atoms with Crippen molar-refractivity contribution < 1.29 is 4.74 Å². The first kappa shape index (κ1) is 10.6. The van der Waals surface area contributed by atoms with E-state index in [9.17, 15) is 0 Å². The van der Waals surface area contributed by atoms with Crippen molar-refractivity contribution in [1.29, 1.82) is 0 Å². The van der Waals surface area contributed by atoms with Gasteiger partial charge in [0.1, 0.15) is 0 Å². The van der Waals surface area contributed by atoms with E-state index in [1.165, 1.54) is 0 Å². The van der Waals surface area contributed by atoms with Gasteiger partial charge in [0.05, 0.1) is 13.2 Å². The molecule has 1 heterocycles. The fourth-order valence-corrected chi connectivity index (χ4v) is 1.55. The number of hydrogen-bond donors (Lipinski definition) is 1. The molecule has 0 amide bonds. The second-order valence-electron chi connectivity index (χ2n) is 3.52. The Labute approximate surface area is 94.9 Å². The summed E-state index contributed by atoms with van der Waals surface area (Å²) in [5.74, 6) is 0.601. The van der Waals surface area contributed by atoms with Crippen molar-refractivity contribution in [2.75, 3.05) is 7.11 Å². The van der Waals surface area contributed by atoms with E-state index in [1.54, 1.807) is 13.3 Å². The molecule has 82 valence electrons. The molecule has 1 atom stereocenters. The summed E-state index contributed by atoms with van der Waals surface area (Å²) in [4.78, 5) is 4.14. The number of nitrogens with two attached hydrogens (primary N) is 1. The van der Waals surface area contributed by atoms with E-state index in [0.29, 0.717) is 5.88 Å². The second kappa shape index (κ2) is 4.77. The van der Waals surface area contributed by atoms with Crippen LogP contribution in [0.25, 0.3) is 0 Å². The third kappa shape index (κ3) is 2.20. The summed E-state index contributed by atoms with van der Waals surface area (Å²) in [5, 5.41) is 0. The molecular weight excluding hydrogens is 200 g/mol. The quantitative estimate of drug-likeness (QED) is 0.851. The maximum absolute atomic E-state index is 6.13. The minimum atomic E-state index is -0.139. The van der Waals surface area contributed by atoms with E-state index in [1.807, 2.05) is 42.5 Å². The lowest BCUT2D eigenvalue weighted by molar-refractivity contribution is 0.397. The Kier molecular flexibility index (Phi) is 3.17. The molecule has 16 heavy (non-hydrogen) atoms. The summed E-state index contributed by atoms with van der Waals surface area (Å²) < 4.78 is 5.00. The lowest BCUT2D eigenvalue weighted by atomic mass is 10.0. The number of methoxy groups -OCH3 is 1. The molecule has 2 N–H and O–H groups in total. The third-order valence-corrected chi connectivity index (χ3v) is 2.49. The molecule has 3 nitrogen and oxygen atoms in total. The monoisotopic (exact) mass is 214 g/mol. The van der Waals surface area contributed by atoms with Crippen LogP contribution in [0.2, 0.25) is 0 Å². The molecular formula is C13H14N2O. The van der Waals surface area contributed by atoms with Crippen LogP contribution in [-0.2, 0) is 0 Å². The van der Waals surface area contributed by atoms with Gasteiger partial charge in [0, 0.05) is 12.3 Å². The van der Waals surface area contributed by atoms with E-state index in [4.69, 9.17) is 10.5 Å². The molecule has 0 saturated carbocycles. The molecule has 2 aromatic rings. The van der Waals surface area contributed by atoms with Crippen LogP contribution in [-0.4, -0.2) is 12.1 Å². The molecule has 0 aliphatic carbocycles. The van der Waals surface area contributed by atoms with Crippen molar-refractivity contribution >= 4 is 0 Å². The Bertz CT molecular complexity index is 439. The number of hydrogen-bond acceptors (Lipinski definition) is 3. The number of rotatable bonds is 3. The zero-order valence-electron chi connectivity index (χ0n) is 9.13. The van der Waals surface area contributed by atoms with E-state index < -0.39 is 0 Å². The minimum absolute atomic E-state index is 0.139. The summed E-state index contributed by atoms with van der Waals surface area (Å²) >= 11 is 0. The Morgan fingerprint density at radius 3 is 2.38 bits per heavy atom. The maximum Gasteiger partial charge on any atom is 0.212 e. The van der Waals surface area contributed by atoms with Gasteiger partial charge < -0.3 is 10.5 Å². The van der Waals surface area contributed by atoms with Crippen LogP contribution < -0.4 is 10.5 Å². The first-order chi connectivity index (χ1) is 7.81. The lowest BCUT2D eigenvalue weighted by Crippen LogP contribution is -2.11. The zero-order valence-corrected chi connectivity index (χ0v) is 9.13. The van der Waals surface area contributed by atoms with Crippen LogP contribution >= 0.6 is 0 Å². The predicted octanol–water partition coefficient (Wildman–Crippen LogP) is 2.14. The number of nitrogens with zero attached hydrogens (tertiary/aromatic N) is 1. The van der Waals surface area contributed by atoms with Crippen molar-refractivity contribution in [3.63, 3.8) is 0 Å². The van der Waals surface area contributed by atoms with Gasteiger partial charge in [0.25, 0.3) is 0 Å². The van der Waals surface area contributed by atoms with Crippen LogP contribution in [0.1, 0.15) is 17.2 Å². The standard InChI is InChI=1S/C13H14N2O/c1-16-12-8-7-11(9-15-12)13(14)10-5-3-2-4-6-10/h2-9,13H,14H2,1H3/t13-/m1/s1. The SMILES string of the molecule is COc1ccc([C@H](N)c2ccccc2)cn1. The van der Waals surface area contributed by atoms with Crippen molar-refractivity contribution in [2.45, 2.75) is 6.04 Å². The van der Waals surface area contributed by atoms with E-state index in [-0.39, 0.29) is 6.04 Å². The number of pyridine rings is 1. The van der Waals surface area contributed by atoms with Gasteiger partial charge in [-0.3, -0.25) is 0 Å². The normalized spacial score (nSPS) is 12.1. The van der Waals surface area contributed by atoms with Gasteiger partial charge in [-0.2, -0.15) is 0 Å². The Morgan fingerprint density at radius 1 is 1.06 bits per heavy atom. The molecule has 0 unspecified atom stereocenters. The summed E-state index contributed by atoms with van der Waals surface area (Å²) in [5.41, 5.74) is 8.18. The molecule has 3 heteroatoms. The Hall–Kier alpha value is -1.87. The molecule has 2 rings (SSSR count). The number of benzene rings is 1. The van der Waals surface area contributed by atoms with Crippen molar-refractivity contribution in [3.05, 3.63) is 59.8 Å². The molecule has 0 aliphatic rings. The molecule has 0 fully saturated rings. The second-order valence-corrected chi connectivity index (χ2v) is 3.52. The van der Waals surface area contributed by atoms with Crippen molar-refractivity contribution in [2.24, 2.45) is 5.73 Å². The highest BCUT2D eigenvalue weighted by Crippen LogP contribution is 2.19. The molecule has 1 aromatic carbocycles. The van der Waals surface area contributed by atoms with Gasteiger partial charge in [-0.05, 0) is 11.1 Å². The average molecular weight is 214 g/mol. The summed E-state index contributed by atoms with van der Waals surface area (Å²) in [6, 6.07) is 13.6. The summed E-state index contributed by atoms with van der Waals surface area (Å²) in [6.07, 6.45) is 1.75. The van der Waals surface area contributed by atoms with Gasteiger partial charge in [0.2, 0.25) is 5.88 Å². The molecule has 0 bridgehead atoms. The van der Waals surface area contributed by atoms with Crippen LogP contribution in [0.3, 0.4) is 0 Å². The first-order valence-electron chi connectivity index (χ1n) is 5.11. The largest absolute Gasteiger partial charge is 0.481 e. The van der Waals surface area contributed by atoms with Crippen LogP contribution in [0.15, 0.2) is 48.7 Å². The van der Waals surface area contributed by atoms with Crippen LogP contribution in [0, 0.1) is 0 Å². The first-order valence-corrected chi connectivity index (χ1v) is 5.11. The van der Waals surface area contributed by atoms with E-state index in [0.717, 1.165) is 11.1 Å². The predicted molar refractivity (Wildman–Crippen MR) is 63.3 cm³/mol. The van der Waals surface area contributed by atoms with E-state index >= 15 is 0 Å². The van der Waals surface area contributed by atoms with Gasteiger partial charge in [0.15, 0.2) is 0 Å². The van der Waals surface area contributed by atoms with Gasteiger partial charge in [-0.25, -0.2) is 4.98 Å². The zero-order chi connectivity index (χ0) is 11.4. The van der Waals surface area contributed by atoms with Gasteiger partial charge >= 0.3 is 0 Å². The Balaban J connectivity index is 2.24. The van der Waals surface area contributed by atoms with Crippen LogP contribution in [0.5, 0.6) is 5.88 Å². The topological polar surface area (TPSA) is 48.1 Å². The third-order valence-electron chi connectivity index (χ3n) is 2.49. The number of ether oxygens (including phenoxy) is 1. The molecule has 0 aliphatic heterocycles. The van der Waals surface area contributed by atoms with Crippen molar-refractivity contribution in [1.82, 2.24) is 4.98 Å². The number of aromatic nitrogens is 1. The minimum Gasteiger partial charge on any atom is -0.481 e. The van der Waals surface area contributed by atoms with E-state index in [2.05, 4.69) is 4.98 Å². The summed E-state index contributed by atoms with van der Waals surface area (Å²) in [7, 11) is 1.60.